The zero-order valence-corrected chi connectivity index (χ0v) is 31.8. The van der Waals surface area contributed by atoms with Crippen LogP contribution in [0.4, 0.5) is 0 Å². The van der Waals surface area contributed by atoms with E-state index in [1.54, 1.807) is 0 Å². The average Bonchev–Trinajstić information content (AvgIpc) is 2.83. The predicted octanol–water partition coefficient (Wildman–Crippen LogP) is -2.64. The minimum atomic E-state index is -5.07. The first kappa shape index (κ1) is 49.1. The van der Waals surface area contributed by atoms with E-state index >= 15 is 0 Å². The van der Waals surface area contributed by atoms with E-state index < -0.39 is 117 Å². The van der Waals surface area contributed by atoms with E-state index in [0.29, 0.717) is 0 Å². The Labute approximate surface area is 292 Å². The molecule has 21 nitrogen and oxygen atoms in total. The van der Waals surface area contributed by atoms with Crippen molar-refractivity contribution in [2.24, 2.45) is 11.8 Å². The van der Waals surface area contributed by atoms with E-state index in [-0.39, 0.29) is 65.4 Å². The fourth-order valence-corrected chi connectivity index (χ4v) is 5.01. The van der Waals surface area contributed by atoms with E-state index in [1.807, 2.05) is 0 Å². The molecule has 28 heteroatoms. The topological polar surface area (TPSA) is 324 Å². The molecule has 0 rings (SSSR count). The van der Waals surface area contributed by atoms with E-state index in [2.05, 4.69) is 54.6 Å². The second-order valence-electron chi connectivity index (χ2n) is 7.06. The number of aliphatic hydroxyl groups is 1. The Balaban J connectivity index is -0.00000760. The Morgan fingerprint density at radius 3 is 1.00 bits per heavy atom. The molecule has 2 radical (unpaired) electrons. The first-order chi connectivity index (χ1) is 18.2. The normalized spacial score (nSPS) is 20.3. The van der Waals surface area contributed by atoms with Crippen molar-refractivity contribution in [3.8, 4) is 0 Å². The van der Waals surface area contributed by atoms with Crippen molar-refractivity contribution in [3.63, 3.8) is 0 Å². The number of phosphoric acid groups is 5. The van der Waals surface area contributed by atoms with Gasteiger partial charge in [-0.05, 0) is 0 Å². The number of phosphoric ester groups is 5. The van der Waals surface area contributed by atoms with Gasteiger partial charge in [-0.2, -0.15) is 0 Å². The number of hydrogen-bond donors (Lipinski definition) is 2. The van der Waals surface area contributed by atoms with Crippen LogP contribution in [0, 0.1) is 25.7 Å². The summed E-state index contributed by atoms with van der Waals surface area (Å²) in [5.41, 5.74) is 0. The molecule has 0 fully saturated rings. The number of aliphatic hydroxyl groups excluding tert-OH is 1. The summed E-state index contributed by atoms with van der Waals surface area (Å²) in [6, 6.07) is 0. The van der Waals surface area contributed by atoms with Gasteiger partial charge >= 0.3 is 0 Å². The van der Waals surface area contributed by atoms with Crippen LogP contribution in [-0.4, -0.2) is 76.1 Å². The third-order valence-corrected chi connectivity index (χ3v) is 7.81. The molecule has 2 N–H and O–H groups in total. The molecule has 0 bridgehead atoms. The molecule has 0 aliphatic rings. The standard InChI is InChI=1S/C14H33O21P5.2Y/c1-13(9-15)10-34-39(23,24)31-7-5-29-37(19,20)27-3-4-28-38(21,22)30-6-8-32-40(25,26)35-12-14(2)11-33-36(16,17)18;;/h13-15H,1-12H2,(H,19,20)(H,21,22)(H,23,24)(H,25,26)(H2,16,17,18);;/q-2;;/p-5. The summed E-state index contributed by atoms with van der Waals surface area (Å²) in [5, 5.41) is 8.73. The van der Waals surface area contributed by atoms with Gasteiger partial charge in [-0.1, -0.05) is 0 Å². The van der Waals surface area contributed by atoms with Crippen LogP contribution in [0.1, 0.15) is 0 Å². The summed E-state index contributed by atoms with van der Waals surface area (Å²) in [4.78, 5) is 65.0. The number of hydrogen-bond acceptors (Lipinski definition) is 20. The molecular weight excluding hydrogens is 837 g/mol. The maximum Gasteiger partial charge on any atom is 0.268 e. The van der Waals surface area contributed by atoms with Crippen LogP contribution in [-0.2, 0) is 129 Å². The predicted molar refractivity (Wildman–Crippen MR) is 119 cm³/mol. The summed E-state index contributed by atoms with van der Waals surface area (Å²) in [6.45, 7) is -0.814. The zero-order chi connectivity index (χ0) is 31.1. The minimum absolute atomic E-state index is 0. The van der Waals surface area contributed by atoms with Gasteiger partial charge in [0.1, 0.15) is 0 Å². The van der Waals surface area contributed by atoms with Crippen LogP contribution in [0.25, 0.3) is 0 Å². The molecule has 0 spiro atoms. The zero-order valence-electron chi connectivity index (χ0n) is 21.7. The summed E-state index contributed by atoms with van der Waals surface area (Å²) in [6.07, 6.45) is 0. The van der Waals surface area contributed by atoms with Crippen molar-refractivity contribution < 1.29 is 163 Å². The van der Waals surface area contributed by atoms with Crippen LogP contribution >= 0.6 is 39.1 Å². The van der Waals surface area contributed by atoms with Crippen LogP contribution in [0.2, 0.25) is 0 Å². The monoisotopic (exact) mass is 865 g/mol. The maximum atomic E-state index is 11.6. The molecule has 0 aromatic heterocycles. The maximum absolute atomic E-state index is 11.6. The third-order valence-electron chi connectivity index (χ3n) is 3.41. The van der Waals surface area contributed by atoms with E-state index in [1.165, 1.54) is 0 Å². The van der Waals surface area contributed by atoms with Gasteiger partial charge in [-0.15, -0.1) is 11.8 Å². The molecule has 42 heavy (non-hydrogen) atoms. The fourth-order valence-electron chi connectivity index (χ4n) is 1.74. The molecule has 7 atom stereocenters. The molecule has 0 heterocycles. The molecule has 0 saturated heterocycles. The quantitative estimate of drug-likeness (QED) is 0.0538. The second kappa shape index (κ2) is 23.9. The van der Waals surface area contributed by atoms with Gasteiger partial charge in [0.25, 0.3) is 39.1 Å². The molecular formula is C14H28O21P5Y2-7. The van der Waals surface area contributed by atoms with Gasteiger partial charge < -0.3 is 89.0 Å². The van der Waals surface area contributed by atoms with Crippen LogP contribution in [0.3, 0.4) is 0 Å². The minimum Gasteiger partial charge on any atom is -0.756 e. The second-order valence-corrected chi connectivity index (χ2v) is 13.9. The van der Waals surface area contributed by atoms with Crippen LogP contribution in [0.15, 0.2) is 0 Å². The van der Waals surface area contributed by atoms with Gasteiger partial charge in [0.2, 0.25) is 0 Å². The van der Waals surface area contributed by atoms with Crippen molar-refractivity contribution in [2.75, 3.05) is 66.1 Å². The van der Waals surface area contributed by atoms with Crippen molar-refractivity contribution in [3.05, 3.63) is 13.8 Å². The molecule has 7 unspecified atom stereocenters. The smallest absolute Gasteiger partial charge is 0.268 e. The van der Waals surface area contributed by atoms with E-state index in [4.69, 9.17) is 10.00 Å². The van der Waals surface area contributed by atoms with Gasteiger partial charge in [0.15, 0.2) is 0 Å². The number of rotatable bonds is 25. The van der Waals surface area contributed by atoms with Gasteiger partial charge in [-0.25, -0.2) is 0 Å². The molecule has 0 aromatic rings. The molecule has 0 amide bonds. The first-order valence-corrected chi connectivity index (χ1v) is 17.9. The van der Waals surface area contributed by atoms with Gasteiger partial charge in [-0.3, -0.25) is 22.8 Å². The fraction of sp³-hybridized carbons (Fsp3) is 0.857. The Hall–Kier alpha value is 2.72. The van der Waals surface area contributed by atoms with Gasteiger partial charge in [0.05, 0.1) is 39.6 Å². The molecule has 0 saturated carbocycles. The Morgan fingerprint density at radius 2 is 0.738 bits per heavy atom. The summed E-state index contributed by atoms with van der Waals surface area (Å²) < 4.78 is 95.1. The Morgan fingerprint density at radius 1 is 0.500 bits per heavy atom. The molecule has 0 aromatic carbocycles. The van der Waals surface area contributed by atoms with E-state index in [0.717, 1.165) is 0 Å². The largest absolute Gasteiger partial charge is 0.756 e. The Bertz CT molecular complexity index is 966. The van der Waals surface area contributed by atoms with Crippen molar-refractivity contribution >= 4 is 39.1 Å². The summed E-state index contributed by atoms with van der Waals surface area (Å²) in [7, 11) is -25.0. The average molecular weight is 865 g/mol. The molecule has 0 aliphatic carbocycles. The third kappa shape index (κ3) is 30.1. The SMILES string of the molecule is [CH2-]C(CO)COP(=O)([O-])OCCOP(=O)([O-])OCCOP(=O)([O-])OCCOP(=O)([O-])OCC([CH2-])COP(=O)([O-])O.[Y].[Y]. The molecule has 248 valence electrons. The van der Waals surface area contributed by atoms with Crippen LogP contribution in [0.5, 0.6) is 0 Å². The van der Waals surface area contributed by atoms with Crippen molar-refractivity contribution in [2.45, 2.75) is 0 Å². The van der Waals surface area contributed by atoms with Crippen LogP contribution < -0.4 is 24.5 Å². The van der Waals surface area contributed by atoms with Crippen molar-refractivity contribution in [1.82, 2.24) is 0 Å². The summed E-state index contributed by atoms with van der Waals surface area (Å²) >= 11 is 0. The van der Waals surface area contributed by atoms with Gasteiger partial charge in [0, 0.05) is 91.8 Å². The molecule has 0 aliphatic heterocycles. The van der Waals surface area contributed by atoms with E-state index in [9.17, 15) is 47.3 Å². The first-order valence-electron chi connectivity index (χ1n) is 10.5. The Kier molecular flexibility index (Phi) is 28.0. The van der Waals surface area contributed by atoms with Crippen molar-refractivity contribution in [1.29, 1.82) is 0 Å². The summed E-state index contributed by atoms with van der Waals surface area (Å²) in [5.74, 6) is -1.80.